The first kappa shape index (κ1) is 24.8. The zero-order valence-electron chi connectivity index (χ0n) is 17.6. The largest absolute Gasteiger partial charge is 0.604 e. The van der Waals surface area contributed by atoms with Crippen LogP contribution in [-0.4, -0.2) is 40.0 Å². The summed E-state index contributed by atoms with van der Waals surface area (Å²) in [5, 5.41) is 0. The van der Waals surface area contributed by atoms with Gasteiger partial charge in [0, 0.05) is 0 Å². The van der Waals surface area contributed by atoms with Crippen molar-refractivity contribution in [1.29, 1.82) is 0 Å². The van der Waals surface area contributed by atoms with Crippen LogP contribution in [0.1, 0.15) is 19.8 Å². The highest BCUT2D eigenvalue weighted by Gasteiger charge is 2.53. The predicted molar refractivity (Wildman–Crippen MR) is 113 cm³/mol. The lowest BCUT2D eigenvalue weighted by Crippen LogP contribution is -2.70. The van der Waals surface area contributed by atoms with Crippen LogP contribution in [0.2, 0.25) is 58.9 Å². The molecule has 0 radical (unpaired) electrons. The lowest BCUT2D eigenvalue weighted by molar-refractivity contribution is 0.175. The molecule has 148 valence electrons. The number of amides is 1. The second-order valence-corrected chi connectivity index (χ2v) is 25.4. The number of allylic oxidation sites excluding steroid dienone is 1. The molecule has 0 rings (SSSR count). The van der Waals surface area contributed by atoms with E-state index in [0.717, 1.165) is 12.8 Å². The molecule has 0 unspecified atom stereocenters. The molecule has 0 aromatic carbocycles. The van der Waals surface area contributed by atoms with Gasteiger partial charge in [0.25, 0.3) is 0 Å². The van der Waals surface area contributed by atoms with Crippen LogP contribution in [0.3, 0.4) is 0 Å². The van der Waals surface area contributed by atoms with Gasteiger partial charge in [0.1, 0.15) is 0 Å². The summed E-state index contributed by atoms with van der Waals surface area (Å²) in [5.41, 5.74) is 0. The normalized spacial score (nSPS) is 14.0. The molecule has 0 saturated heterocycles. The highest BCUT2D eigenvalue weighted by molar-refractivity contribution is 6.89. The van der Waals surface area contributed by atoms with E-state index in [-0.39, 0.29) is 0 Å². The Balaban J connectivity index is 5.53. The van der Waals surface area contributed by atoms with E-state index in [9.17, 15) is 4.79 Å². The number of carbonyl (C=O) groups is 1. The molecule has 1 amide bonds. The third-order valence-corrected chi connectivity index (χ3v) is 13.4. The van der Waals surface area contributed by atoms with Gasteiger partial charge < -0.3 is 17.1 Å². The van der Waals surface area contributed by atoms with Gasteiger partial charge in [-0.2, -0.15) is 0 Å². The van der Waals surface area contributed by atoms with E-state index in [1.807, 2.05) is 6.08 Å². The summed E-state index contributed by atoms with van der Waals surface area (Å²) in [6.07, 6.45) is 4.50. The van der Waals surface area contributed by atoms with Crippen LogP contribution in [0, 0.1) is 0 Å². The van der Waals surface area contributed by atoms with Gasteiger partial charge in [0.2, 0.25) is 0 Å². The fourth-order valence-corrected chi connectivity index (χ4v) is 14.1. The van der Waals surface area contributed by atoms with E-state index in [1.165, 1.54) is 6.26 Å². The van der Waals surface area contributed by atoms with Gasteiger partial charge in [-0.15, -0.1) is 0 Å². The average molecular weight is 424 g/mol. The van der Waals surface area contributed by atoms with Crippen molar-refractivity contribution in [2.45, 2.75) is 78.7 Å². The van der Waals surface area contributed by atoms with E-state index in [4.69, 9.17) is 17.1 Å². The van der Waals surface area contributed by atoms with Crippen molar-refractivity contribution in [3.05, 3.63) is 12.3 Å². The third-order valence-electron chi connectivity index (χ3n) is 2.30. The lowest BCUT2D eigenvalue weighted by atomic mass is 10.3. The van der Waals surface area contributed by atoms with Crippen molar-refractivity contribution in [3.63, 3.8) is 0 Å². The Morgan fingerprint density at radius 2 is 1.24 bits per heavy atom. The summed E-state index contributed by atoms with van der Waals surface area (Å²) < 4.78 is 24.2. The molecule has 0 aliphatic rings. The first-order valence-electron chi connectivity index (χ1n) is 8.82. The van der Waals surface area contributed by atoms with E-state index < -0.39 is 40.0 Å². The van der Waals surface area contributed by atoms with Gasteiger partial charge >= 0.3 is 15.1 Å². The van der Waals surface area contributed by atoms with Crippen LogP contribution in [0.15, 0.2) is 12.3 Å². The molecule has 0 saturated carbocycles. The van der Waals surface area contributed by atoms with Gasteiger partial charge in [-0.25, -0.2) is 4.79 Å². The number of unbranched alkanes of at least 4 members (excludes halogenated alkanes) is 1. The summed E-state index contributed by atoms with van der Waals surface area (Å²) in [6, 6.07) is 0. The smallest absolute Gasteiger partial charge is 0.419 e. The van der Waals surface area contributed by atoms with Gasteiger partial charge in [0.15, 0.2) is 25.0 Å². The minimum atomic E-state index is -3.41. The summed E-state index contributed by atoms with van der Waals surface area (Å²) in [5.74, 6) is 0. The van der Waals surface area contributed by atoms with Crippen molar-refractivity contribution in [2.24, 2.45) is 0 Å². The molecule has 0 aromatic rings. The van der Waals surface area contributed by atoms with Crippen LogP contribution < -0.4 is 4.98 Å². The van der Waals surface area contributed by atoms with Crippen molar-refractivity contribution in [1.82, 2.24) is 4.98 Å². The highest BCUT2D eigenvalue weighted by atomic mass is 28.5. The first-order chi connectivity index (χ1) is 11.1. The fourth-order valence-electron chi connectivity index (χ4n) is 1.85. The van der Waals surface area contributed by atoms with E-state index in [2.05, 4.69) is 70.8 Å². The predicted octanol–water partition coefficient (Wildman–Crippen LogP) is 5.02. The van der Waals surface area contributed by atoms with Crippen molar-refractivity contribution in [2.75, 3.05) is 0 Å². The minimum absolute atomic E-state index is 0.589. The Hall–Kier alpha value is -0.242. The lowest BCUT2D eigenvalue weighted by Gasteiger charge is -2.41. The van der Waals surface area contributed by atoms with Crippen molar-refractivity contribution in [3.8, 4) is 0 Å². The molecular formula is C15H37NO5Si4. The molecular weight excluding hydrogens is 387 g/mol. The molecule has 0 aromatic heterocycles. The van der Waals surface area contributed by atoms with Crippen LogP contribution in [0.4, 0.5) is 4.79 Å². The topological polar surface area (TPSA) is 66.0 Å². The SMILES string of the molecule is CCCC=COC(=O)N[Si](O[Si](C)(C)C)(O[Si](C)(C)C)O[Si](C)(C)C. The van der Waals surface area contributed by atoms with Gasteiger partial charge in [0.05, 0.1) is 6.26 Å². The van der Waals surface area contributed by atoms with E-state index in [0.29, 0.717) is 0 Å². The summed E-state index contributed by atoms with van der Waals surface area (Å²) in [7, 11) is -9.51. The number of hydrogen-bond donors (Lipinski definition) is 1. The summed E-state index contributed by atoms with van der Waals surface area (Å²) in [6.45, 7) is 20.6. The molecule has 0 aliphatic carbocycles. The molecule has 0 bridgehead atoms. The number of rotatable bonds is 10. The molecule has 0 spiro atoms. The Labute approximate surface area is 158 Å². The summed E-state index contributed by atoms with van der Waals surface area (Å²) >= 11 is 0. The molecule has 25 heavy (non-hydrogen) atoms. The number of nitrogens with one attached hydrogen (secondary N) is 1. The van der Waals surface area contributed by atoms with Crippen LogP contribution in [0.5, 0.6) is 0 Å². The Morgan fingerprint density at radius 3 is 1.56 bits per heavy atom. The van der Waals surface area contributed by atoms with E-state index >= 15 is 0 Å². The molecule has 0 fully saturated rings. The monoisotopic (exact) mass is 423 g/mol. The minimum Gasteiger partial charge on any atom is -0.419 e. The molecule has 10 heteroatoms. The molecule has 0 aliphatic heterocycles. The van der Waals surface area contributed by atoms with Crippen LogP contribution >= 0.6 is 0 Å². The number of hydrogen-bond acceptors (Lipinski definition) is 5. The zero-order chi connectivity index (χ0) is 19.9. The van der Waals surface area contributed by atoms with Gasteiger partial charge in [-0.3, -0.25) is 4.98 Å². The first-order valence-corrected chi connectivity index (χ1v) is 20.8. The molecule has 1 N–H and O–H groups in total. The Bertz CT molecular complexity index is 412. The molecule has 6 nitrogen and oxygen atoms in total. The maximum Gasteiger partial charge on any atom is 0.604 e. The van der Waals surface area contributed by atoms with Crippen molar-refractivity contribution < 1.29 is 21.9 Å². The van der Waals surface area contributed by atoms with Gasteiger partial charge in [-0.1, -0.05) is 13.3 Å². The third kappa shape index (κ3) is 13.6. The maximum atomic E-state index is 12.3. The Morgan fingerprint density at radius 1 is 0.840 bits per heavy atom. The Kier molecular flexibility index (Phi) is 9.53. The molecule has 0 atom stereocenters. The van der Waals surface area contributed by atoms with Crippen LogP contribution in [-0.2, 0) is 17.1 Å². The quantitative estimate of drug-likeness (QED) is 0.395. The second-order valence-electron chi connectivity index (χ2n) is 8.89. The fraction of sp³-hybridized carbons (Fsp3) is 0.800. The zero-order valence-corrected chi connectivity index (χ0v) is 21.6. The highest BCUT2D eigenvalue weighted by Crippen LogP contribution is 2.23. The molecule has 0 heterocycles. The number of ether oxygens (including phenoxy) is 1. The van der Waals surface area contributed by atoms with Crippen LogP contribution in [0.25, 0.3) is 0 Å². The van der Waals surface area contributed by atoms with Crippen molar-refractivity contribution >= 4 is 40.0 Å². The number of carbonyl (C=O) groups excluding carboxylic acids is 1. The average Bonchev–Trinajstić information content (AvgIpc) is 2.26. The van der Waals surface area contributed by atoms with Gasteiger partial charge in [-0.05, 0) is 71.4 Å². The second kappa shape index (κ2) is 9.62. The summed E-state index contributed by atoms with van der Waals surface area (Å²) in [4.78, 5) is 15.2. The maximum absolute atomic E-state index is 12.3. The standard InChI is InChI=1S/C15H37NO5Si4/c1-11-12-13-14-18-15(17)16-25(19-22(2,3)4,20-23(5,6)7)21-24(8,9)10/h13-14H,11-12H2,1-10H3,(H,16,17). The van der Waals surface area contributed by atoms with E-state index in [1.54, 1.807) is 0 Å².